The average Bonchev–Trinajstić information content (AvgIpc) is 2.49. The number of ether oxygens (including phenoxy) is 1. The molecule has 0 heterocycles. The molecule has 0 aromatic carbocycles. The number of hydrogen-bond donors (Lipinski definition) is 1. The van der Waals surface area contributed by atoms with E-state index >= 15 is 0 Å². The highest BCUT2D eigenvalue weighted by Crippen LogP contribution is 2.35. The van der Waals surface area contributed by atoms with Gasteiger partial charge in [-0.05, 0) is 51.5 Å². The molecule has 0 aromatic rings. The van der Waals surface area contributed by atoms with Gasteiger partial charge in [0.25, 0.3) is 0 Å². The molecule has 2 atom stereocenters. The highest BCUT2D eigenvalue weighted by molar-refractivity contribution is 4.89. The first-order valence-corrected chi connectivity index (χ1v) is 8.65. The van der Waals surface area contributed by atoms with Crippen LogP contribution in [0.1, 0.15) is 71.1 Å². The normalized spacial score (nSPS) is 26.2. The zero-order valence-electron chi connectivity index (χ0n) is 13.0. The van der Waals surface area contributed by atoms with Gasteiger partial charge >= 0.3 is 0 Å². The van der Waals surface area contributed by atoms with Crippen molar-refractivity contribution in [3.63, 3.8) is 0 Å². The quantitative estimate of drug-likeness (QED) is 0.781. The third-order valence-electron chi connectivity index (χ3n) is 5.32. The summed E-state index contributed by atoms with van der Waals surface area (Å²) in [5.41, 5.74) is 0. The van der Waals surface area contributed by atoms with E-state index < -0.39 is 0 Å². The summed E-state index contributed by atoms with van der Waals surface area (Å²) < 4.78 is 6.23. The largest absolute Gasteiger partial charge is 0.377 e. The molecule has 19 heavy (non-hydrogen) atoms. The lowest BCUT2D eigenvalue weighted by molar-refractivity contribution is -0.0335. The summed E-state index contributed by atoms with van der Waals surface area (Å²) >= 11 is 0. The summed E-state index contributed by atoms with van der Waals surface area (Å²) in [6, 6.07) is 0.586. The molecule has 2 heteroatoms. The average molecular weight is 267 g/mol. The van der Waals surface area contributed by atoms with Crippen LogP contribution in [0.4, 0.5) is 0 Å². The van der Waals surface area contributed by atoms with Gasteiger partial charge in [0.05, 0.1) is 6.10 Å². The lowest BCUT2D eigenvalue weighted by atomic mass is 9.75. The summed E-state index contributed by atoms with van der Waals surface area (Å²) in [7, 11) is 2.15. The van der Waals surface area contributed by atoms with Gasteiger partial charge in [0.1, 0.15) is 0 Å². The van der Waals surface area contributed by atoms with E-state index in [1.165, 1.54) is 64.2 Å². The Balaban J connectivity index is 2.00. The van der Waals surface area contributed by atoms with E-state index in [4.69, 9.17) is 4.74 Å². The van der Waals surface area contributed by atoms with Crippen molar-refractivity contribution in [2.75, 3.05) is 13.7 Å². The molecule has 2 rings (SSSR count). The molecule has 0 saturated heterocycles. The predicted molar refractivity (Wildman–Crippen MR) is 81.4 cm³/mol. The van der Waals surface area contributed by atoms with Crippen molar-refractivity contribution in [3.8, 4) is 0 Å². The highest BCUT2D eigenvalue weighted by atomic mass is 16.5. The second-order valence-electron chi connectivity index (χ2n) is 6.53. The topological polar surface area (TPSA) is 21.3 Å². The van der Waals surface area contributed by atoms with E-state index in [9.17, 15) is 0 Å². The Labute approximate surface area is 119 Å². The molecule has 2 aliphatic carbocycles. The zero-order valence-corrected chi connectivity index (χ0v) is 13.0. The number of nitrogens with one attached hydrogen (secondary N) is 1. The standard InChI is InChI=1S/C17H33NO/c1-3-19-17(15-12-8-5-9-13-15)16(18-2)14-10-6-4-7-11-14/h14-18H,3-13H2,1-2H3. The van der Waals surface area contributed by atoms with Crippen molar-refractivity contribution in [2.45, 2.75) is 83.3 Å². The van der Waals surface area contributed by atoms with Crippen LogP contribution in [0.2, 0.25) is 0 Å². The third-order valence-corrected chi connectivity index (χ3v) is 5.32. The summed E-state index contributed by atoms with van der Waals surface area (Å²) in [5, 5.41) is 3.63. The Morgan fingerprint density at radius 3 is 1.89 bits per heavy atom. The van der Waals surface area contributed by atoms with Crippen molar-refractivity contribution >= 4 is 0 Å². The first-order chi connectivity index (χ1) is 9.36. The molecule has 2 aliphatic rings. The number of rotatable bonds is 6. The Bertz CT molecular complexity index is 231. The lowest BCUT2D eigenvalue weighted by Gasteiger charge is -2.40. The van der Waals surface area contributed by atoms with E-state index in [2.05, 4.69) is 19.3 Å². The van der Waals surface area contributed by atoms with Crippen LogP contribution in [0, 0.1) is 11.8 Å². The molecular weight excluding hydrogens is 234 g/mol. The van der Waals surface area contributed by atoms with Crippen molar-refractivity contribution in [2.24, 2.45) is 11.8 Å². The first kappa shape index (κ1) is 15.3. The van der Waals surface area contributed by atoms with Crippen LogP contribution in [0.3, 0.4) is 0 Å². The molecule has 0 radical (unpaired) electrons. The van der Waals surface area contributed by atoms with Gasteiger partial charge in [-0.1, -0.05) is 38.5 Å². The summed E-state index contributed by atoms with van der Waals surface area (Å²) in [5.74, 6) is 1.64. The number of likely N-dealkylation sites (N-methyl/N-ethyl adjacent to an activating group) is 1. The molecule has 2 unspecified atom stereocenters. The van der Waals surface area contributed by atoms with E-state index in [0.29, 0.717) is 12.1 Å². The van der Waals surface area contributed by atoms with Crippen LogP contribution in [0.15, 0.2) is 0 Å². The van der Waals surface area contributed by atoms with Gasteiger partial charge in [-0.3, -0.25) is 0 Å². The van der Waals surface area contributed by atoms with Gasteiger partial charge in [0, 0.05) is 12.6 Å². The van der Waals surface area contributed by atoms with Gasteiger partial charge in [-0.2, -0.15) is 0 Å². The SMILES string of the molecule is CCOC(C1CCCCC1)C(NC)C1CCCCC1. The monoisotopic (exact) mass is 267 g/mol. The Kier molecular flexibility index (Phi) is 6.66. The maximum atomic E-state index is 6.23. The van der Waals surface area contributed by atoms with E-state index in [1.807, 2.05) is 0 Å². The Morgan fingerprint density at radius 1 is 0.895 bits per heavy atom. The van der Waals surface area contributed by atoms with Gasteiger partial charge in [-0.15, -0.1) is 0 Å². The number of hydrogen-bond acceptors (Lipinski definition) is 2. The van der Waals surface area contributed by atoms with Gasteiger partial charge in [0.15, 0.2) is 0 Å². The van der Waals surface area contributed by atoms with Crippen LogP contribution in [-0.2, 0) is 4.74 Å². The van der Waals surface area contributed by atoms with Gasteiger partial charge in [-0.25, -0.2) is 0 Å². The Morgan fingerprint density at radius 2 is 1.42 bits per heavy atom. The van der Waals surface area contributed by atoms with E-state index in [0.717, 1.165) is 18.4 Å². The molecule has 0 spiro atoms. The van der Waals surface area contributed by atoms with Crippen molar-refractivity contribution in [3.05, 3.63) is 0 Å². The van der Waals surface area contributed by atoms with Gasteiger partial charge < -0.3 is 10.1 Å². The second-order valence-corrected chi connectivity index (χ2v) is 6.53. The minimum Gasteiger partial charge on any atom is -0.377 e. The van der Waals surface area contributed by atoms with Crippen molar-refractivity contribution < 1.29 is 4.74 Å². The third kappa shape index (κ3) is 4.19. The fraction of sp³-hybridized carbons (Fsp3) is 1.00. The summed E-state index contributed by atoms with van der Waals surface area (Å²) in [4.78, 5) is 0. The van der Waals surface area contributed by atoms with Crippen LogP contribution in [0.25, 0.3) is 0 Å². The van der Waals surface area contributed by atoms with Crippen LogP contribution in [0.5, 0.6) is 0 Å². The smallest absolute Gasteiger partial charge is 0.0758 e. The van der Waals surface area contributed by atoms with Gasteiger partial charge in [0.2, 0.25) is 0 Å². The summed E-state index contributed by atoms with van der Waals surface area (Å²) in [6.45, 7) is 3.02. The molecule has 0 amide bonds. The minimum absolute atomic E-state index is 0.457. The zero-order chi connectivity index (χ0) is 13.5. The minimum atomic E-state index is 0.457. The summed E-state index contributed by atoms with van der Waals surface area (Å²) in [6.07, 6.45) is 14.6. The molecular formula is C17H33NO. The maximum absolute atomic E-state index is 6.23. The molecule has 0 bridgehead atoms. The lowest BCUT2D eigenvalue weighted by Crippen LogP contribution is -2.49. The second kappa shape index (κ2) is 8.26. The molecule has 2 fully saturated rings. The maximum Gasteiger partial charge on any atom is 0.0758 e. The van der Waals surface area contributed by atoms with Crippen molar-refractivity contribution in [1.82, 2.24) is 5.32 Å². The molecule has 2 saturated carbocycles. The fourth-order valence-corrected chi connectivity index (χ4v) is 4.35. The van der Waals surface area contributed by atoms with E-state index in [1.54, 1.807) is 0 Å². The molecule has 1 N–H and O–H groups in total. The molecule has 0 aromatic heterocycles. The predicted octanol–water partition coefficient (Wildman–Crippen LogP) is 4.14. The van der Waals surface area contributed by atoms with Crippen LogP contribution in [-0.4, -0.2) is 25.8 Å². The first-order valence-electron chi connectivity index (χ1n) is 8.65. The van der Waals surface area contributed by atoms with Crippen LogP contribution >= 0.6 is 0 Å². The highest BCUT2D eigenvalue weighted by Gasteiger charge is 2.35. The van der Waals surface area contributed by atoms with E-state index in [-0.39, 0.29) is 0 Å². The van der Waals surface area contributed by atoms with Crippen molar-refractivity contribution in [1.29, 1.82) is 0 Å². The molecule has 0 aliphatic heterocycles. The van der Waals surface area contributed by atoms with Crippen LogP contribution < -0.4 is 5.32 Å². The molecule has 2 nitrogen and oxygen atoms in total. The Hall–Kier alpha value is -0.0800. The fourth-order valence-electron chi connectivity index (χ4n) is 4.35. The molecule has 112 valence electrons.